The molecule has 2 unspecified atom stereocenters. The van der Waals surface area contributed by atoms with Gasteiger partial charge in [0.15, 0.2) is 23.7 Å². The predicted molar refractivity (Wildman–Crippen MR) is 386 cm³/mol. The van der Waals surface area contributed by atoms with Gasteiger partial charge in [-0.1, -0.05) is 13.8 Å². The summed E-state index contributed by atoms with van der Waals surface area (Å²) in [7, 11) is 0. The number of benzene rings is 3. The van der Waals surface area contributed by atoms with Gasteiger partial charge in [-0.05, 0) is 117 Å². The van der Waals surface area contributed by atoms with Gasteiger partial charge in [-0.25, -0.2) is 25.0 Å². The maximum Gasteiger partial charge on any atom is 0.327 e. The van der Waals surface area contributed by atoms with Crippen LogP contribution < -0.4 is 75.0 Å². The number of anilines is 3. The number of hydrogen-bond donors (Lipinski definition) is 19. The van der Waals surface area contributed by atoms with E-state index in [9.17, 15) is 92.3 Å². The number of rotatable bonds is 40. The number of fused-ring (bicyclic) bond motifs is 2. The fraction of sp³-hybridized carbons (Fsp3) is 0.373. The van der Waals surface area contributed by atoms with Crippen molar-refractivity contribution in [3.8, 4) is 5.75 Å². The Bertz CT molecular complexity index is 4510. The number of nitrogens with zero attached hydrogens (tertiary/aromatic N) is 5. The van der Waals surface area contributed by atoms with E-state index in [1.165, 1.54) is 30.5 Å². The number of guanidine groups is 1. The van der Waals surface area contributed by atoms with Gasteiger partial charge in [0.05, 0.1) is 42.2 Å². The zero-order valence-corrected chi connectivity index (χ0v) is 59.3. The zero-order chi connectivity index (χ0) is 79.1. The third-order valence-electron chi connectivity index (χ3n) is 16.2. The Kier molecular flexibility index (Phi) is 29.4. The molecule has 1 aliphatic rings. The summed E-state index contributed by atoms with van der Waals surface area (Å²) in [4.78, 5) is 213. The Morgan fingerprint density at radius 3 is 1.99 bits per heavy atom. The van der Waals surface area contributed by atoms with Crippen LogP contribution in [0.4, 0.5) is 17.3 Å². The maximum absolute atomic E-state index is 14.0. The van der Waals surface area contributed by atoms with Gasteiger partial charge in [0.1, 0.15) is 42.0 Å². The average Bonchev–Trinajstić information content (AvgIpc) is 1.55. The molecule has 41 heteroatoms. The third kappa shape index (κ3) is 24.8. The number of imide groups is 1. The van der Waals surface area contributed by atoms with Crippen LogP contribution in [-0.2, 0) is 68.9 Å². The minimum absolute atomic E-state index is 0.0120. The first kappa shape index (κ1) is 82.2. The number of aliphatic carboxylic acids is 4. The van der Waals surface area contributed by atoms with E-state index in [1.54, 1.807) is 51.1 Å². The van der Waals surface area contributed by atoms with E-state index >= 15 is 0 Å². The molecule has 1 aliphatic heterocycles. The Balaban J connectivity index is 0.866. The van der Waals surface area contributed by atoms with Crippen LogP contribution >= 0.6 is 11.8 Å². The third-order valence-corrected chi connectivity index (χ3v) is 17.4. The molecule has 7 atom stereocenters. The van der Waals surface area contributed by atoms with Crippen LogP contribution in [0.2, 0.25) is 0 Å². The van der Waals surface area contributed by atoms with Gasteiger partial charge in [-0.2, -0.15) is 10.1 Å². The first-order chi connectivity index (χ1) is 51.2. The summed E-state index contributed by atoms with van der Waals surface area (Å²) in [5.74, 6) is -17.0. The standard InChI is InChI=1S/C67H80N20O20S/c1-31(2)54(61(100)76-38-13-16-41-36(23-38)22-32(3)74-41)82-50(90)29-107-40-14-9-34(10-15-40)33(4)85-86-49(89)19-21-87-51(91)26-47(63(87)102)108-30-46(65(105)106)81-60(99)45(25-53(94)95)80-58(97)42(6-5-20-71-66(68)69)78-59(98)44(24-52(92)93)77-48(88)18-17-43(64(103)104)79-57(96)35-7-11-37(12-8-35)72-27-39-28-73-56-55(75-39)62(101)84-67(70)83-56/h7-16,22-23,28,31,42-47,54,72,74H,5-6,17-21,24-27,29-30H2,1-4H3,(H,76,100)(H,77,88)(H,78,98)(H,79,96)(H,80,97)(H,81,99)(H,82,90)(H,86,89)(H,92,93)(H,94,95)(H,103,104)(H,105,106)(H4,68,69,71)(H3,70,73,83,84,101)/t42-,43+,44+,45-,46?,47?,54+/m1/s1. The molecule has 0 saturated carbocycles. The Labute approximate surface area is 616 Å². The summed E-state index contributed by atoms with van der Waals surface area (Å²) < 4.78 is 5.66. The van der Waals surface area contributed by atoms with Crippen molar-refractivity contribution < 1.29 is 92.3 Å². The SMILES string of the molecule is CC(=NNC(=O)CCN1C(=O)CC(SCC(NC(=O)[C@@H](CC(=O)O)NC(=O)[C@@H](CCCNC(=N)N)NC(=O)[C@H](CC(=O)O)NC(=O)CC[C@H](NC(=O)c2ccc(NCc3cnc4nc(N)[nH]c(=O)c4n3)cc2)C(=O)O)C(=O)O)C1=O)c1ccc(OCC(=O)N[C@H](C(=O)Nc2ccc3[nH]c(C)cc3c2)C(C)C)cc1. The summed E-state index contributed by atoms with van der Waals surface area (Å²) in [5.41, 5.74) is 16.8. The fourth-order valence-electron chi connectivity index (χ4n) is 10.6. The van der Waals surface area contributed by atoms with Crippen LogP contribution in [0.15, 0.2) is 88.9 Å². The number of carboxylic acid groups (broad SMARTS) is 4. The van der Waals surface area contributed by atoms with Gasteiger partial charge in [0.25, 0.3) is 17.4 Å². The molecule has 574 valence electrons. The van der Waals surface area contributed by atoms with Crippen LogP contribution in [0.1, 0.15) is 99.4 Å². The van der Waals surface area contributed by atoms with Gasteiger partial charge in [-0.15, -0.1) is 11.8 Å². The Hall–Kier alpha value is -13.1. The summed E-state index contributed by atoms with van der Waals surface area (Å²) in [5, 5.41) is 72.8. The smallest absolute Gasteiger partial charge is 0.327 e. The number of nitrogens with two attached hydrogens (primary N) is 2. The second-order valence-electron chi connectivity index (χ2n) is 24.9. The molecular weight excluding hydrogens is 1440 g/mol. The average molecular weight is 1520 g/mol. The number of H-pyrrole nitrogens is 2. The number of aromatic nitrogens is 5. The van der Waals surface area contributed by atoms with E-state index < -0.39 is 200 Å². The monoisotopic (exact) mass is 1520 g/mol. The van der Waals surface area contributed by atoms with Crippen molar-refractivity contribution in [2.45, 2.75) is 127 Å². The van der Waals surface area contributed by atoms with E-state index in [2.05, 4.69) is 83.3 Å². The molecule has 3 aromatic carbocycles. The number of carbonyl (C=O) groups is 14. The molecule has 21 N–H and O–H groups in total. The number of aryl methyl sites for hydroxylation is 1. The molecule has 10 amide bonds. The molecule has 1 saturated heterocycles. The second kappa shape index (κ2) is 38.6. The highest BCUT2D eigenvalue weighted by Crippen LogP contribution is 2.27. The highest BCUT2D eigenvalue weighted by molar-refractivity contribution is 8.00. The number of amides is 10. The molecule has 7 rings (SSSR count). The van der Waals surface area contributed by atoms with Crippen LogP contribution in [0.5, 0.6) is 5.75 Å². The number of likely N-dealkylation sites (tertiary alicyclic amines) is 1. The molecule has 40 nitrogen and oxygen atoms in total. The first-order valence-electron chi connectivity index (χ1n) is 33.3. The summed E-state index contributed by atoms with van der Waals surface area (Å²) in [6, 6.07) is 9.00. The van der Waals surface area contributed by atoms with Crippen LogP contribution in [-0.4, -0.2) is 212 Å². The van der Waals surface area contributed by atoms with Crippen LogP contribution in [0.25, 0.3) is 22.1 Å². The quantitative estimate of drug-likeness (QED) is 0.00710. The lowest BCUT2D eigenvalue weighted by Crippen LogP contribution is -2.58. The van der Waals surface area contributed by atoms with Crippen molar-refractivity contribution in [1.82, 2.24) is 72.5 Å². The Morgan fingerprint density at radius 1 is 0.713 bits per heavy atom. The van der Waals surface area contributed by atoms with Crippen molar-refractivity contribution in [2.75, 3.05) is 41.8 Å². The van der Waals surface area contributed by atoms with Crippen molar-refractivity contribution in [3.63, 3.8) is 0 Å². The topological polar surface area (TPSA) is 628 Å². The molecule has 1 fully saturated rings. The number of hydrogen-bond acceptors (Lipinski definition) is 24. The van der Waals surface area contributed by atoms with Gasteiger partial charge in [0, 0.05) is 71.6 Å². The van der Waals surface area contributed by atoms with E-state index in [0.717, 1.165) is 21.5 Å². The molecule has 0 radical (unpaired) electrons. The number of hydrazone groups is 1. The number of nitrogen functional groups attached to an aromatic ring is 1. The lowest BCUT2D eigenvalue weighted by Gasteiger charge is -2.25. The van der Waals surface area contributed by atoms with Gasteiger partial charge >= 0.3 is 23.9 Å². The van der Waals surface area contributed by atoms with Gasteiger partial charge in [-0.3, -0.25) is 77.6 Å². The molecule has 3 aromatic heterocycles. The fourth-order valence-corrected chi connectivity index (χ4v) is 11.7. The largest absolute Gasteiger partial charge is 0.484 e. The molecule has 0 spiro atoms. The van der Waals surface area contributed by atoms with Crippen molar-refractivity contribution in [1.29, 1.82) is 5.41 Å². The highest BCUT2D eigenvalue weighted by Gasteiger charge is 2.41. The molecule has 0 bridgehead atoms. The molecule has 4 heterocycles. The number of thioether (sulfide) groups is 1. The van der Waals surface area contributed by atoms with E-state index in [4.69, 9.17) is 21.6 Å². The van der Waals surface area contributed by atoms with Crippen molar-refractivity contribution in [3.05, 3.63) is 112 Å². The van der Waals surface area contributed by atoms with E-state index in [-0.39, 0.29) is 48.1 Å². The molecular formula is C67H80N20O20S. The first-order valence-corrected chi connectivity index (χ1v) is 34.3. The molecule has 0 aliphatic carbocycles. The minimum atomic E-state index is -2.09. The van der Waals surface area contributed by atoms with Crippen LogP contribution in [0.3, 0.4) is 0 Å². The van der Waals surface area contributed by atoms with Crippen LogP contribution in [0, 0.1) is 18.3 Å². The lowest BCUT2D eigenvalue weighted by atomic mass is 10.0. The summed E-state index contributed by atoms with van der Waals surface area (Å²) in [6.07, 6.45) is -3.64. The predicted octanol–water partition coefficient (Wildman–Crippen LogP) is -1.15. The van der Waals surface area contributed by atoms with Crippen molar-refractivity contribution in [2.24, 2.45) is 16.8 Å². The number of carboxylic acids is 4. The number of ether oxygens (including phenoxy) is 1. The van der Waals surface area contributed by atoms with Crippen molar-refractivity contribution >= 4 is 146 Å². The Morgan fingerprint density at radius 2 is 1.34 bits per heavy atom. The number of nitrogens with one attached hydrogen (secondary N) is 13. The van der Waals surface area contributed by atoms with Gasteiger partial charge in [0.2, 0.25) is 53.2 Å². The van der Waals surface area contributed by atoms with Gasteiger partial charge < -0.3 is 89.5 Å². The zero-order valence-electron chi connectivity index (χ0n) is 58.4. The maximum atomic E-state index is 14.0. The molecule has 108 heavy (non-hydrogen) atoms. The minimum Gasteiger partial charge on any atom is -0.484 e. The van der Waals surface area contributed by atoms with E-state index in [0.29, 0.717) is 45.9 Å². The van der Waals surface area contributed by atoms with E-state index in [1.807, 2.05) is 25.1 Å². The lowest BCUT2D eigenvalue weighted by molar-refractivity contribution is -0.143. The number of aromatic amines is 2. The summed E-state index contributed by atoms with van der Waals surface area (Å²) in [6.45, 7) is 6.22. The highest BCUT2D eigenvalue weighted by atomic mass is 32.2. The second-order valence-corrected chi connectivity index (χ2v) is 26.1. The summed E-state index contributed by atoms with van der Waals surface area (Å²) >= 11 is 0.635. The normalized spacial score (nSPS) is 14.4. The molecule has 6 aromatic rings. The number of carbonyl (C=O) groups excluding carboxylic acids is 10.